The molecule has 0 radical (unpaired) electrons. The first-order chi connectivity index (χ1) is 47.5. The van der Waals surface area contributed by atoms with Gasteiger partial charge in [-0.15, -0.1) is 0 Å². The molecule has 28 nitrogen and oxygen atoms in total. The fraction of sp³-hybridized carbons (Fsp3) is 0.612. The van der Waals surface area contributed by atoms with Crippen LogP contribution in [0.5, 0.6) is 11.8 Å². The molecule has 2 aliphatic heterocycles. The molecule has 8 rings (SSSR count). The van der Waals surface area contributed by atoms with Gasteiger partial charge in [0.1, 0.15) is 5.97 Å². The van der Waals surface area contributed by atoms with Gasteiger partial charge in [0.25, 0.3) is 0 Å². The maximum atomic E-state index is 13.4. The number of pyridine rings is 4. The molecule has 98 heavy (non-hydrogen) atoms. The molecule has 5 amide bonds. The van der Waals surface area contributed by atoms with Gasteiger partial charge < -0.3 is 78.8 Å². The molecular formula is C67H94F3N13O15. The number of hydrogen-bond acceptors (Lipinski definition) is 19. The van der Waals surface area contributed by atoms with Crippen LogP contribution in [0.2, 0.25) is 0 Å². The number of carboxylic acids is 2. The molecule has 0 unspecified atom stereocenters. The number of hydrogen-bond donors (Lipinski definition) is 3. The lowest BCUT2D eigenvalue weighted by molar-refractivity contribution is -0.368. The number of aryl methyl sites for hydroxylation is 6. The number of esters is 1. The third-order valence-corrected chi connectivity index (χ3v) is 16.3. The zero-order valence-electron chi connectivity index (χ0n) is 56.0. The van der Waals surface area contributed by atoms with Crippen molar-refractivity contribution in [1.29, 1.82) is 0 Å². The van der Waals surface area contributed by atoms with Gasteiger partial charge in [-0.05, 0) is 130 Å². The third kappa shape index (κ3) is 28.2. The van der Waals surface area contributed by atoms with Crippen LogP contribution in [0.4, 0.5) is 22.8 Å². The first-order valence-corrected chi connectivity index (χ1v) is 33.7. The molecule has 0 saturated carbocycles. The van der Waals surface area contributed by atoms with E-state index < -0.39 is 30.2 Å². The van der Waals surface area contributed by atoms with E-state index in [1.54, 1.807) is 52.2 Å². The summed E-state index contributed by atoms with van der Waals surface area (Å²) in [7, 11) is 0. The lowest BCUT2D eigenvalue weighted by Gasteiger charge is -2.27. The number of halogens is 3. The number of urea groups is 2. The van der Waals surface area contributed by atoms with Gasteiger partial charge in [0.2, 0.25) is 17.7 Å². The largest absolute Gasteiger partial charge is 0.542 e. The van der Waals surface area contributed by atoms with E-state index in [1.807, 2.05) is 11.0 Å². The zero-order chi connectivity index (χ0) is 70.3. The predicted octanol–water partition coefficient (Wildman–Crippen LogP) is 5.92. The van der Waals surface area contributed by atoms with Crippen molar-refractivity contribution in [1.82, 2.24) is 44.9 Å². The van der Waals surface area contributed by atoms with Gasteiger partial charge in [0.15, 0.2) is 0 Å². The summed E-state index contributed by atoms with van der Waals surface area (Å²) in [6.07, 6.45) is 12.1. The Bertz CT molecular complexity index is 3150. The Kier molecular flexibility index (Phi) is 35.0. The highest BCUT2D eigenvalue weighted by Gasteiger charge is 2.37. The lowest BCUT2D eigenvalue weighted by Crippen LogP contribution is -2.50. The smallest absolute Gasteiger partial charge is 0.430 e. The second-order valence-electron chi connectivity index (χ2n) is 23.4. The Morgan fingerprint density at radius 1 is 0.663 bits per heavy atom. The summed E-state index contributed by atoms with van der Waals surface area (Å²) in [5.41, 5.74) is 20.8. The number of azide groups is 1. The Morgan fingerprint density at radius 2 is 1.14 bits per heavy atom. The number of rotatable bonds is 41. The molecule has 6 heterocycles. The van der Waals surface area contributed by atoms with E-state index in [2.05, 4.69) is 55.3 Å². The van der Waals surface area contributed by atoms with Crippen molar-refractivity contribution in [2.45, 2.75) is 134 Å². The highest BCUT2D eigenvalue weighted by Crippen LogP contribution is 2.32. The van der Waals surface area contributed by atoms with Crippen LogP contribution in [0.25, 0.3) is 10.4 Å². The van der Waals surface area contributed by atoms with Crippen molar-refractivity contribution in [2.24, 2.45) is 5.11 Å². The molecule has 0 aromatic carbocycles. The minimum Gasteiger partial charge on any atom is -0.542 e. The van der Waals surface area contributed by atoms with Crippen molar-refractivity contribution >= 4 is 35.9 Å². The number of amides is 5. The standard InChI is InChI=1S/C37H54N8O9.C28H39N5O4.C2HF3O2/c38-43-41-14-20-51-22-24-53-26-25-52-23-21-50-19-12-34(46)39-13-4-18-54-35-11-9-30(28-40-35)33(27-36(47)48)45-17-16-44(37(45)49)15-3-6-31-10-8-29-5-1-2-7-32(29)42-31;1-2-36-27(34)19-25(22-11-13-26(30-20-22)37-18-6-14-29)33-17-16-32(28(33)35)15-5-8-23-12-10-21-7-3-4-9-24(21)31-23;3-2(4,5)1(6)7/h8-11,28,33H,1-7,12-27H2,(H,39,46)(H,47,48);10-13,20,25H,2-9,14-19,29H2,1H3;(H,6,7)/t33-;25-;/m00./s1. The molecule has 2 fully saturated rings. The molecular weight excluding hydrogens is 1280 g/mol. The van der Waals surface area contributed by atoms with Crippen molar-refractivity contribution in [3.8, 4) is 11.8 Å². The Hall–Kier alpha value is -8.48. The molecule has 5 N–H and O–H groups in total. The average Bonchev–Trinajstić information content (AvgIpc) is 1.63. The van der Waals surface area contributed by atoms with E-state index in [9.17, 15) is 42.3 Å². The Morgan fingerprint density at radius 3 is 1.60 bits per heavy atom. The average molecular weight is 1380 g/mol. The molecule has 538 valence electrons. The number of nitrogens with one attached hydrogen (secondary N) is 1. The second-order valence-corrected chi connectivity index (χ2v) is 23.4. The number of alkyl halides is 3. The number of nitrogens with zero attached hydrogens (tertiary/aromatic N) is 11. The van der Waals surface area contributed by atoms with Crippen LogP contribution >= 0.6 is 0 Å². The molecule has 2 aliphatic carbocycles. The third-order valence-electron chi connectivity index (χ3n) is 16.3. The molecule has 2 atom stereocenters. The fourth-order valence-corrected chi connectivity index (χ4v) is 11.3. The van der Waals surface area contributed by atoms with E-state index >= 15 is 0 Å². The number of quaternary nitrogens is 1. The summed E-state index contributed by atoms with van der Waals surface area (Å²) in [5.74, 6) is -3.55. The van der Waals surface area contributed by atoms with Crippen molar-refractivity contribution < 1.29 is 91.0 Å². The Labute approximate surface area is 569 Å². The van der Waals surface area contributed by atoms with Crippen LogP contribution in [-0.4, -0.2) is 218 Å². The van der Waals surface area contributed by atoms with Gasteiger partial charge in [-0.25, -0.2) is 19.6 Å². The van der Waals surface area contributed by atoms with Crippen molar-refractivity contribution in [2.75, 3.05) is 132 Å². The molecule has 4 aromatic heterocycles. The topological polar surface area (TPSA) is 363 Å². The molecule has 4 aromatic rings. The first kappa shape index (κ1) is 78.5. The van der Waals surface area contributed by atoms with E-state index in [4.69, 9.17) is 58.6 Å². The monoisotopic (exact) mass is 1380 g/mol. The van der Waals surface area contributed by atoms with E-state index in [-0.39, 0.29) is 49.8 Å². The normalized spacial score (nSPS) is 14.8. The number of carbonyl (C=O) groups is 6. The molecule has 0 bridgehead atoms. The summed E-state index contributed by atoms with van der Waals surface area (Å²) in [5, 5.41) is 24.6. The lowest BCUT2D eigenvalue weighted by atomic mass is 9.95. The number of aliphatic carboxylic acids is 2. The number of aromatic nitrogens is 4. The van der Waals surface area contributed by atoms with E-state index in [1.165, 1.54) is 48.2 Å². The van der Waals surface area contributed by atoms with Gasteiger partial charge in [-0.3, -0.25) is 24.4 Å². The summed E-state index contributed by atoms with van der Waals surface area (Å²) >= 11 is 0. The van der Waals surface area contributed by atoms with Gasteiger partial charge in [-0.2, -0.15) is 13.2 Å². The number of carboxylic acid groups (broad SMARTS) is 2. The summed E-state index contributed by atoms with van der Waals surface area (Å²) < 4.78 is 69.6. The van der Waals surface area contributed by atoms with Crippen LogP contribution in [0.1, 0.15) is 135 Å². The SMILES string of the molecule is CCOC(=O)C[C@@H](c1ccc(OCCC[NH3+])nc1)N1CCN(CCCc2ccc3c(n2)CCCC3)C1=O.O=C([O-])C(F)(F)F.[N-]=[N+]=NCCOCCOCCOCCOCCC(=O)NCCCOc1ccc([C@H](CC(=O)O)N2CCN(CCCc3ccc4c(n3)CCCC4)C2=O)cn1. The minimum absolute atomic E-state index is 0.0523. The van der Waals surface area contributed by atoms with E-state index in [0.717, 1.165) is 81.3 Å². The van der Waals surface area contributed by atoms with Crippen LogP contribution in [0.15, 0.2) is 66.0 Å². The van der Waals surface area contributed by atoms with Crippen LogP contribution in [-0.2, 0) is 81.4 Å². The highest BCUT2D eigenvalue weighted by atomic mass is 19.4. The molecule has 2 saturated heterocycles. The molecule has 4 aliphatic rings. The number of ether oxygens (including phenoxy) is 7. The van der Waals surface area contributed by atoms with Crippen LogP contribution < -0.4 is 25.6 Å². The minimum atomic E-state index is -5.19. The predicted molar refractivity (Wildman–Crippen MR) is 347 cm³/mol. The van der Waals surface area contributed by atoms with Crippen LogP contribution in [0, 0.1) is 0 Å². The molecule has 31 heteroatoms. The van der Waals surface area contributed by atoms with Gasteiger partial charge >= 0.3 is 30.2 Å². The maximum Gasteiger partial charge on any atom is 0.430 e. The summed E-state index contributed by atoms with van der Waals surface area (Å²) in [6.45, 7) is 11.0. The highest BCUT2D eigenvalue weighted by molar-refractivity contribution is 5.79. The van der Waals surface area contributed by atoms with Crippen molar-refractivity contribution in [3.63, 3.8) is 0 Å². The van der Waals surface area contributed by atoms with Gasteiger partial charge in [0, 0.05) is 117 Å². The fourth-order valence-electron chi connectivity index (χ4n) is 11.3. The van der Waals surface area contributed by atoms with Gasteiger partial charge in [0.05, 0.1) is 104 Å². The Balaban J connectivity index is 0.000000297. The summed E-state index contributed by atoms with van der Waals surface area (Å²) in [6, 6.07) is 14.5. The quantitative estimate of drug-likeness (QED) is 0.0152. The van der Waals surface area contributed by atoms with E-state index in [0.29, 0.717) is 142 Å². The van der Waals surface area contributed by atoms with Crippen molar-refractivity contribution in [3.05, 3.63) is 116 Å². The first-order valence-electron chi connectivity index (χ1n) is 33.7. The van der Waals surface area contributed by atoms with Gasteiger partial charge in [-0.1, -0.05) is 29.4 Å². The molecule has 0 spiro atoms. The zero-order valence-corrected chi connectivity index (χ0v) is 56.0. The van der Waals surface area contributed by atoms with Crippen LogP contribution in [0.3, 0.4) is 0 Å². The number of carbonyl (C=O) groups excluding carboxylic acids is 5. The maximum absolute atomic E-state index is 13.4. The second kappa shape index (κ2) is 43.7. The number of fused-ring (bicyclic) bond motifs is 2. The summed E-state index contributed by atoms with van der Waals surface area (Å²) in [4.78, 5) is 100.